The van der Waals surface area contributed by atoms with Crippen molar-refractivity contribution < 1.29 is 0 Å². The Morgan fingerprint density at radius 3 is 2.76 bits per heavy atom. The summed E-state index contributed by atoms with van der Waals surface area (Å²) in [5.41, 5.74) is 6.49. The highest BCUT2D eigenvalue weighted by Crippen LogP contribution is 2.42. The van der Waals surface area contributed by atoms with Crippen LogP contribution in [0.4, 0.5) is 0 Å². The molecule has 2 atom stereocenters. The van der Waals surface area contributed by atoms with Gasteiger partial charge in [0.25, 0.3) is 0 Å². The van der Waals surface area contributed by atoms with Crippen LogP contribution in [0.15, 0.2) is 12.1 Å². The van der Waals surface area contributed by atoms with Crippen LogP contribution in [-0.4, -0.2) is 6.54 Å². The molecule has 1 aliphatic carbocycles. The number of hydrogen-bond acceptors (Lipinski definition) is 2. The summed E-state index contributed by atoms with van der Waals surface area (Å²) in [5.74, 6) is 0.859. The molecule has 2 heteroatoms. The van der Waals surface area contributed by atoms with Crippen molar-refractivity contribution in [1.29, 1.82) is 0 Å². The first-order valence-electron chi connectivity index (χ1n) is 6.95. The zero-order valence-corrected chi connectivity index (χ0v) is 12.0. The Bertz CT molecular complexity index is 358. The van der Waals surface area contributed by atoms with Crippen LogP contribution >= 0.6 is 11.3 Å². The van der Waals surface area contributed by atoms with Gasteiger partial charge in [0.1, 0.15) is 0 Å². The van der Waals surface area contributed by atoms with Gasteiger partial charge in [-0.3, -0.25) is 0 Å². The van der Waals surface area contributed by atoms with Crippen LogP contribution in [0.5, 0.6) is 0 Å². The van der Waals surface area contributed by atoms with E-state index in [1.807, 2.05) is 11.3 Å². The number of aryl methyl sites for hydroxylation is 1. The first-order chi connectivity index (χ1) is 8.17. The Morgan fingerprint density at radius 1 is 1.41 bits per heavy atom. The zero-order valence-electron chi connectivity index (χ0n) is 11.2. The molecule has 0 aromatic carbocycles. The second-order valence-corrected chi connectivity index (χ2v) is 7.06. The van der Waals surface area contributed by atoms with Crippen molar-refractivity contribution >= 4 is 11.3 Å². The topological polar surface area (TPSA) is 26.0 Å². The summed E-state index contributed by atoms with van der Waals surface area (Å²) < 4.78 is 0. The van der Waals surface area contributed by atoms with Gasteiger partial charge >= 0.3 is 0 Å². The molecule has 1 aliphatic rings. The third-order valence-corrected chi connectivity index (χ3v) is 5.46. The van der Waals surface area contributed by atoms with Crippen LogP contribution in [0.1, 0.15) is 49.3 Å². The molecule has 17 heavy (non-hydrogen) atoms. The summed E-state index contributed by atoms with van der Waals surface area (Å²) >= 11 is 1.99. The van der Waals surface area contributed by atoms with Gasteiger partial charge in [-0.15, -0.1) is 11.3 Å². The molecule has 2 N–H and O–H groups in total. The summed E-state index contributed by atoms with van der Waals surface area (Å²) in [4.78, 5) is 3.05. The average Bonchev–Trinajstić information content (AvgIpc) is 2.76. The minimum Gasteiger partial charge on any atom is -0.330 e. The van der Waals surface area contributed by atoms with Crippen molar-refractivity contribution in [2.45, 2.75) is 52.4 Å². The summed E-state index contributed by atoms with van der Waals surface area (Å²) in [6, 6.07) is 4.61. The van der Waals surface area contributed by atoms with Crippen LogP contribution in [0, 0.1) is 11.3 Å². The number of rotatable bonds is 4. The quantitative estimate of drug-likeness (QED) is 0.859. The first kappa shape index (κ1) is 13.1. The van der Waals surface area contributed by atoms with Crippen molar-refractivity contribution in [3.63, 3.8) is 0 Å². The highest BCUT2D eigenvalue weighted by atomic mass is 32.1. The van der Waals surface area contributed by atoms with Gasteiger partial charge in [0.2, 0.25) is 0 Å². The van der Waals surface area contributed by atoms with E-state index in [1.54, 1.807) is 4.88 Å². The van der Waals surface area contributed by atoms with Gasteiger partial charge in [0, 0.05) is 9.75 Å². The van der Waals surface area contributed by atoms with Crippen LogP contribution in [0.25, 0.3) is 0 Å². The van der Waals surface area contributed by atoms with Crippen molar-refractivity contribution in [2.75, 3.05) is 6.54 Å². The molecule has 0 radical (unpaired) electrons. The van der Waals surface area contributed by atoms with E-state index in [1.165, 1.54) is 37.0 Å². The molecule has 1 aromatic heterocycles. The van der Waals surface area contributed by atoms with E-state index >= 15 is 0 Å². The molecule has 1 saturated carbocycles. The van der Waals surface area contributed by atoms with Gasteiger partial charge in [0.15, 0.2) is 0 Å². The summed E-state index contributed by atoms with van der Waals surface area (Å²) in [5, 5.41) is 0. The lowest BCUT2D eigenvalue weighted by Crippen LogP contribution is -2.37. The molecule has 1 aromatic rings. The highest BCUT2D eigenvalue weighted by Gasteiger charge is 2.34. The van der Waals surface area contributed by atoms with Crippen molar-refractivity contribution in [3.05, 3.63) is 21.9 Å². The van der Waals surface area contributed by atoms with E-state index in [0.717, 1.165) is 18.9 Å². The van der Waals surface area contributed by atoms with Gasteiger partial charge in [-0.05, 0) is 55.7 Å². The Morgan fingerprint density at radius 2 is 2.18 bits per heavy atom. The van der Waals surface area contributed by atoms with Crippen molar-refractivity contribution in [1.82, 2.24) is 0 Å². The standard InChI is InChI=1S/C15H25NS/c1-3-13-6-7-14(17-13)10-15(11-16)8-4-5-12(2)9-15/h6-7,12H,3-5,8-11,16H2,1-2H3. The molecular formula is C15H25NS. The van der Waals surface area contributed by atoms with Gasteiger partial charge in [-0.2, -0.15) is 0 Å². The Hall–Kier alpha value is -0.340. The third kappa shape index (κ3) is 3.11. The van der Waals surface area contributed by atoms with Crippen LogP contribution in [-0.2, 0) is 12.8 Å². The fraction of sp³-hybridized carbons (Fsp3) is 0.733. The normalized spacial score (nSPS) is 29.5. The second kappa shape index (κ2) is 5.53. The van der Waals surface area contributed by atoms with E-state index in [9.17, 15) is 0 Å². The lowest BCUT2D eigenvalue weighted by molar-refractivity contribution is 0.155. The summed E-state index contributed by atoms with van der Waals surface area (Å²) in [6.45, 7) is 5.48. The van der Waals surface area contributed by atoms with Gasteiger partial charge in [-0.25, -0.2) is 0 Å². The Balaban J connectivity index is 2.07. The second-order valence-electron chi connectivity index (χ2n) is 5.80. The Kier molecular flexibility index (Phi) is 4.26. The first-order valence-corrected chi connectivity index (χ1v) is 7.77. The molecule has 1 nitrogen and oxygen atoms in total. The smallest absolute Gasteiger partial charge is 0.00541 e. The largest absolute Gasteiger partial charge is 0.330 e. The molecule has 1 heterocycles. The minimum atomic E-state index is 0.396. The van der Waals surface area contributed by atoms with E-state index in [2.05, 4.69) is 26.0 Å². The molecular weight excluding hydrogens is 226 g/mol. The maximum Gasteiger partial charge on any atom is 0.00541 e. The molecule has 96 valence electrons. The number of thiophene rings is 1. The maximum atomic E-state index is 6.09. The van der Waals surface area contributed by atoms with Crippen LogP contribution in [0.3, 0.4) is 0 Å². The molecule has 0 aliphatic heterocycles. The summed E-state index contributed by atoms with van der Waals surface area (Å²) in [7, 11) is 0. The van der Waals surface area contributed by atoms with Crippen LogP contribution in [0.2, 0.25) is 0 Å². The highest BCUT2D eigenvalue weighted by molar-refractivity contribution is 7.11. The fourth-order valence-corrected chi connectivity index (χ4v) is 4.40. The molecule has 1 fully saturated rings. The average molecular weight is 251 g/mol. The van der Waals surface area contributed by atoms with Crippen LogP contribution < -0.4 is 5.73 Å². The predicted molar refractivity (Wildman–Crippen MR) is 76.5 cm³/mol. The predicted octanol–water partition coefficient (Wildman–Crippen LogP) is 4.01. The Labute approximate surface area is 109 Å². The molecule has 0 amide bonds. The molecule has 2 unspecified atom stereocenters. The minimum absolute atomic E-state index is 0.396. The molecule has 0 spiro atoms. The van der Waals surface area contributed by atoms with Gasteiger partial charge < -0.3 is 5.73 Å². The summed E-state index contributed by atoms with van der Waals surface area (Å²) in [6.07, 6.45) is 7.78. The van der Waals surface area contributed by atoms with E-state index < -0.39 is 0 Å². The fourth-order valence-electron chi connectivity index (χ4n) is 3.26. The van der Waals surface area contributed by atoms with E-state index in [4.69, 9.17) is 5.73 Å². The monoisotopic (exact) mass is 251 g/mol. The lowest BCUT2D eigenvalue weighted by atomic mass is 9.68. The molecule has 0 saturated heterocycles. The number of hydrogen-bond donors (Lipinski definition) is 1. The zero-order chi connectivity index (χ0) is 12.3. The number of nitrogens with two attached hydrogens (primary N) is 1. The molecule has 2 rings (SSSR count). The maximum absolute atomic E-state index is 6.09. The van der Waals surface area contributed by atoms with Gasteiger partial charge in [-0.1, -0.05) is 26.7 Å². The third-order valence-electron chi connectivity index (χ3n) is 4.23. The van der Waals surface area contributed by atoms with Crippen molar-refractivity contribution in [2.24, 2.45) is 17.1 Å². The van der Waals surface area contributed by atoms with E-state index in [-0.39, 0.29) is 0 Å². The SMILES string of the molecule is CCc1ccc(CC2(CN)CCCC(C)C2)s1. The van der Waals surface area contributed by atoms with Crippen molar-refractivity contribution in [3.8, 4) is 0 Å². The molecule has 0 bridgehead atoms. The van der Waals surface area contributed by atoms with Gasteiger partial charge in [0.05, 0.1) is 0 Å². The lowest BCUT2D eigenvalue weighted by Gasteiger charge is -2.39. The van der Waals surface area contributed by atoms with E-state index in [0.29, 0.717) is 5.41 Å².